The molecule has 1 atom stereocenters. The Morgan fingerprint density at radius 2 is 2.33 bits per heavy atom. The Kier molecular flexibility index (Phi) is 5.25. The van der Waals surface area contributed by atoms with Crippen molar-refractivity contribution in [3.8, 4) is 0 Å². The monoisotopic (exact) mass is 209 g/mol. The summed E-state index contributed by atoms with van der Waals surface area (Å²) in [6.45, 7) is 5.40. The highest BCUT2D eigenvalue weighted by atomic mass is 16.5. The molecule has 84 valence electrons. The van der Waals surface area contributed by atoms with Crippen molar-refractivity contribution in [2.45, 2.75) is 26.3 Å². The van der Waals surface area contributed by atoms with E-state index in [2.05, 4.69) is 10.4 Å². The standard InChI is InChI=1S/C11H19N3O/c1-3-15-7-6-11(14-12)10-5-4-9(2)13-8-10/h4-5,8,11,14H,3,6-7,12H2,1-2H3. The van der Waals surface area contributed by atoms with Crippen LogP contribution < -0.4 is 11.3 Å². The third kappa shape index (κ3) is 3.95. The van der Waals surface area contributed by atoms with Crippen LogP contribution in [-0.4, -0.2) is 18.2 Å². The third-order valence-corrected chi connectivity index (χ3v) is 2.29. The van der Waals surface area contributed by atoms with Crippen LogP contribution in [0.4, 0.5) is 0 Å². The van der Waals surface area contributed by atoms with E-state index in [1.165, 1.54) is 0 Å². The Balaban J connectivity index is 2.53. The molecule has 1 aromatic heterocycles. The normalized spacial score (nSPS) is 12.7. The number of nitrogens with two attached hydrogens (primary N) is 1. The SMILES string of the molecule is CCOCCC(NN)c1ccc(C)nc1. The van der Waals surface area contributed by atoms with Crippen LogP contribution in [-0.2, 0) is 4.74 Å². The largest absolute Gasteiger partial charge is 0.382 e. The third-order valence-electron chi connectivity index (χ3n) is 2.29. The highest BCUT2D eigenvalue weighted by molar-refractivity contribution is 5.16. The molecule has 15 heavy (non-hydrogen) atoms. The number of rotatable bonds is 6. The first kappa shape index (κ1) is 12.1. The minimum Gasteiger partial charge on any atom is -0.382 e. The quantitative estimate of drug-likeness (QED) is 0.421. The first-order chi connectivity index (χ1) is 7.27. The van der Waals surface area contributed by atoms with Gasteiger partial charge in [-0.25, -0.2) is 0 Å². The molecule has 0 aromatic carbocycles. The maximum absolute atomic E-state index is 5.49. The summed E-state index contributed by atoms with van der Waals surface area (Å²) in [5.41, 5.74) is 4.89. The van der Waals surface area contributed by atoms with Crippen LogP contribution in [0.2, 0.25) is 0 Å². The molecule has 4 heteroatoms. The molecule has 0 radical (unpaired) electrons. The van der Waals surface area contributed by atoms with Gasteiger partial charge in [0.05, 0.1) is 0 Å². The van der Waals surface area contributed by atoms with Gasteiger partial charge >= 0.3 is 0 Å². The lowest BCUT2D eigenvalue weighted by molar-refractivity contribution is 0.136. The molecule has 0 saturated carbocycles. The number of ether oxygens (including phenoxy) is 1. The summed E-state index contributed by atoms with van der Waals surface area (Å²) in [7, 11) is 0. The van der Waals surface area contributed by atoms with E-state index in [0.717, 1.165) is 24.3 Å². The summed E-state index contributed by atoms with van der Waals surface area (Å²) in [4.78, 5) is 4.24. The number of hydrazine groups is 1. The maximum Gasteiger partial charge on any atom is 0.0497 e. The van der Waals surface area contributed by atoms with Crippen LogP contribution >= 0.6 is 0 Å². The van der Waals surface area contributed by atoms with Crippen molar-refractivity contribution in [2.75, 3.05) is 13.2 Å². The number of hydrogen-bond donors (Lipinski definition) is 2. The molecule has 1 rings (SSSR count). The smallest absolute Gasteiger partial charge is 0.0497 e. The summed E-state index contributed by atoms with van der Waals surface area (Å²) in [6.07, 6.45) is 2.71. The first-order valence-electron chi connectivity index (χ1n) is 5.24. The highest BCUT2D eigenvalue weighted by Crippen LogP contribution is 2.14. The topological polar surface area (TPSA) is 60.2 Å². The molecule has 0 fully saturated rings. The predicted molar refractivity (Wildman–Crippen MR) is 60.1 cm³/mol. The predicted octanol–water partition coefficient (Wildman–Crippen LogP) is 1.32. The molecule has 1 unspecified atom stereocenters. The lowest BCUT2D eigenvalue weighted by Crippen LogP contribution is -2.29. The Bertz CT molecular complexity index is 274. The van der Waals surface area contributed by atoms with Gasteiger partial charge in [-0.2, -0.15) is 0 Å². The molecule has 1 heterocycles. The van der Waals surface area contributed by atoms with Crippen molar-refractivity contribution < 1.29 is 4.74 Å². The molecule has 3 N–H and O–H groups in total. The van der Waals surface area contributed by atoms with E-state index in [-0.39, 0.29) is 6.04 Å². The van der Waals surface area contributed by atoms with Crippen LogP contribution in [0.25, 0.3) is 0 Å². The van der Waals surface area contributed by atoms with Crippen LogP contribution in [0.5, 0.6) is 0 Å². The van der Waals surface area contributed by atoms with Crippen LogP contribution in [0.1, 0.15) is 30.6 Å². The fraction of sp³-hybridized carbons (Fsp3) is 0.545. The average molecular weight is 209 g/mol. The fourth-order valence-electron chi connectivity index (χ4n) is 1.38. The van der Waals surface area contributed by atoms with Crippen LogP contribution in [0.15, 0.2) is 18.3 Å². The minimum absolute atomic E-state index is 0.115. The number of aryl methyl sites for hydroxylation is 1. The highest BCUT2D eigenvalue weighted by Gasteiger charge is 2.09. The molecule has 0 aliphatic rings. The van der Waals surface area contributed by atoms with E-state index in [1.54, 1.807) is 0 Å². The second kappa shape index (κ2) is 6.50. The molecule has 0 spiro atoms. The van der Waals surface area contributed by atoms with E-state index in [0.29, 0.717) is 6.61 Å². The second-order valence-electron chi connectivity index (χ2n) is 3.44. The van der Waals surface area contributed by atoms with E-state index < -0.39 is 0 Å². The Morgan fingerprint density at radius 1 is 1.53 bits per heavy atom. The van der Waals surface area contributed by atoms with Gasteiger partial charge in [0, 0.05) is 31.1 Å². The van der Waals surface area contributed by atoms with Crippen molar-refractivity contribution >= 4 is 0 Å². The summed E-state index contributed by atoms with van der Waals surface area (Å²) in [5, 5.41) is 0. The number of nitrogens with zero attached hydrogens (tertiary/aromatic N) is 1. The Hall–Kier alpha value is -0.970. The van der Waals surface area contributed by atoms with Gasteiger partial charge in [0.1, 0.15) is 0 Å². The van der Waals surface area contributed by atoms with Crippen molar-refractivity contribution in [3.63, 3.8) is 0 Å². The van der Waals surface area contributed by atoms with Crippen molar-refractivity contribution in [3.05, 3.63) is 29.6 Å². The van der Waals surface area contributed by atoms with Gasteiger partial charge in [0.15, 0.2) is 0 Å². The van der Waals surface area contributed by atoms with Crippen molar-refractivity contribution in [1.29, 1.82) is 0 Å². The van der Waals surface area contributed by atoms with Crippen LogP contribution in [0.3, 0.4) is 0 Å². The first-order valence-corrected chi connectivity index (χ1v) is 5.24. The minimum atomic E-state index is 0.115. The summed E-state index contributed by atoms with van der Waals surface area (Å²) >= 11 is 0. The van der Waals surface area contributed by atoms with E-state index >= 15 is 0 Å². The van der Waals surface area contributed by atoms with Crippen molar-refractivity contribution in [2.24, 2.45) is 5.84 Å². The molecule has 0 saturated heterocycles. The summed E-state index contributed by atoms with van der Waals surface area (Å²) < 4.78 is 5.30. The molecular formula is C11H19N3O. The maximum atomic E-state index is 5.49. The van der Waals surface area contributed by atoms with E-state index in [1.807, 2.05) is 32.2 Å². The molecule has 0 bridgehead atoms. The molecule has 0 aliphatic heterocycles. The fourth-order valence-corrected chi connectivity index (χ4v) is 1.38. The van der Waals surface area contributed by atoms with E-state index in [4.69, 9.17) is 10.6 Å². The molecular weight excluding hydrogens is 190 g/mol. The van der Waals surface area contributed by atoms with Gasteiger partial charge < -0.3 is 4.74 Å². The molecule has 4 nitrogen and oxygen atoms in total. The van der Waals surface area contributed by atoms with Gasteiger partial charge in [-0.3, -0.25) is 16.3 Å². The molecule has 1 aromatic rings. The number of pyridine rings is 1. The van der Waals surface area contributed by atoms with Gasteiger partial charge in [-0.15, -0.1) is 0 Å². The van der Waals surface area contributed by atoms with Gasteiger partial charge in [0.2, 0.25) is 0 Å². The van der Waals surface area contributed by atoms with Gasteiger partial charge in [-0.1, -0.05) is 6.07 Å². The lowest BCUT2D eigenvalue weighted by Gasteiger charge is -2.15. The Labute approximate surface area is 90.8 Å². The van der Waals surface area contributed by atoms with Gasteiger partial charge in [-0.05, 0) is 31.9 Å². The van der Waals surface area contributed by atoms with E-state index in [9.17, 15) is 0 Å². The van der Waals surface area contributed by atoms with Crippen LogP contribution in [0, 0.1) is 6.92 Å². The molecule has 0 amide bonds. The zero-order valence-corrected chi connectivity index (χ0v) is 9.36. The number of hydrogen-bond acceptors (Lipinski definition) is 4. The summed E-state index contributed by atoms with van der Waals surface area (Å²) in [6, 6.07) is 4.14. The molecule has 0 aliphatic carbocycles. The number of aromatic nitrogens is 1. The van der Waals surface area contributed by atoms with Gasteiger partial charge in [0.25, 0.3) is 0 Å². The lowest BCUT2D eigenvalue weighted by atomic mass is 10.1. The Morgan fingerprint density at radius 3 is 2.87 bits per heavy atom. The summed E-state index contributed by atoms with van der Waals surface area (Å²) in [5.74, 6) is 5.49. The van der Waals surface area contributed by atoms with Crippen molar-refractivity contribution in [1.82, 2.24) is 10.4 Å². The average Bonchev–Trinajstić information content (AvgIpc) is 2.26. The zero-order chi connectivity index (χ0) is 11.1. The zero-order valence-electron chi connectivity index (χ0n) is 9.36. The number of nitrogens with one attached hydrogen (secondary N) is 1. The second-order valence-corrected chi connectivity index (χ2v) is 3.44.